The Balaban J connectivity index is 1.76. The molecule has 0 aliphatic carbocycles. The van der Waals surface area contributed by atoms with Gasteiger partial charge in [0.2, 0.25) is 5.91 Å². The van der Waals surface area contributed by atoms with E-state index in [-0.39, 0.29) is 17.7 Å². The van der Waals surface area contributed by atoms with Crippen molar-refractivity contribution in [3.63, 3.8) is 0 Å². The van der Waals surface area contributed by atoms with Crippen molar-refractivity contribution >= 4 is 46.7 Å². The number of nitrogens with zero attached hydrogens (tertiary/aromatic N) is 5. The lowest BCUT2D eigenvalue weighted by Gasteiger charge is -2.20. The number of benzene rings is 1. The molecule has 0 bridgehead atoms. The second kappa shape index (κ2) is 10.5. The van der Waals surface area contributed by atoms with E-state index in [1.165, 1.54) is 18.0 Å². The summed E-state index contributed by atoms with van der Waals surface area (Å²) in [6.07, 6.45) is 1.47. The van der Waals surface area contributed by atoms with Crippen molar-refractivity contribution in [1.82, 2.24) is 24.6 Å². The normalized spacial score (nSPS) is 12.2. The van der Waals surface area contributed by atoms with Crippen LogP contribution in [0.4, 0.5) is 5.82 Å². The van der Waals surface area contributed by atoms with Crippen LogP contribution in [0.1, 0.15) is 29.9 Å². The number of carbonyl (C=O) groups excluding carboxylic acids is 1. The van der Waals surface area contributed by atoms with Crippen molar-refractivity contribution in [2.45, 2.75) is 31.6 Å². The number of hydrogen-bond acceptors (Lipinski definition) is 6. The topological polar surface area (TPSA) is 75.9 Å². The van der Waals surface area contributed by atoms with Crippen LogP contribution in [-0.4, -0.2) is 50.4 Å². The molecule has 2 heterocycles. The lowest BCUT2D eigenvalue weighted by Crippen LogP contribution is -2.21. The maximum Gasteiger partial charge on any atom is 0.236 e. The Labute approximate surface area is 196 Å². The maximum atomic E-state index is 12.5. The molecule has 1 N–H and O–H groups in total. The number of carbonyl (C=O) groups is 1. The molecule has 7 nitrogen and oxygen atoms in total. The molecule has 10 heteroatoms. The van der Waals surface area contributed by atoms with Crippen molar-refractivity contribution in [2.24, 2.45) is 0 Å². The fourth-order valence-corrected chi connectivity index (χ4v) is 3.94. The number of pyridine rings is 1. The molecule has 0 aliphatic heterocycles. The van der Waals surface area contributed by atoms with Gasteiger partial charge in [0.15, 0.2) is 16.8 Å². The second-order valence-corrected chi connectivity index (χ2v) is 9.01. The third kappa shape index (κ3) is 5.77. The lowest BCUT2D eigenvalue weighted by molar-refractivity contribution is -0.113. The quantitative estimate of drug-likeness (QED) is 0.473. The molecule has 0 fully saturated rings. The third-order valence-electron chi connectivity index (χ3n) is 4.87. The molecule has 0 saturated carbocycles. The Morgan fingerprint density at radius 1 is 1.23 bits per heavy atom. The van der Waals surface area contributed by atoms with Crippen LogP contribution in [0.25, 0.3) is 0 Å². The number of anilines is 1. The Morgan fingerprint density at radius 3 is 2.61 bits per heavy atom. The zero-order valence-electron chi connectivity index (χ0n) is 17.8. The molecular weight excluding hydrogens is 455 g/mol. The molecule has 0 aliphatic rings. The summed E-state index contributed by atoms with van der Waals surface area (Å²) in [5.74, 6) is 1.04. The standard InChI is InChI=1S/C21H24Cl2N6OS/c1-13-16(22)10-24-19(18(13)23)25-17(30)12-31-21-27-26-20(14(2)28(3)4)29(21)11-15-8-6-5-7-9-15/h5-10,14H,11-12H2,1-4H3,(H,24,25,30)/t14-/m0/s1. The largest absolute Gasteiger partial charge is 0.309 e. The molecule has 0 radical (unpaired) electrons. The van der Waals surface area contributed by atoms with Crippen LogP contribution in [0.15, 0.2) is 41.7 Å². The molecule has 2 aromatic heterocycles. The van der Waals surface area contributed by atoms with Crippen LogP contribution in [0.2, 0.25) is 10.0 Å². The van der Waals surface area contributed by atoms with Crippen molar-refractivity contribution in [2.75, 3.05) is 25.2 Å². The van der Waals surface area contributed by atoms with Crippen LogP contribution < -0.4 is 5.32 Å². The number of hydrogen-bond donors (Lipinski definition) is 1. The Bertz CT molecular complexity index is 1060. The minimum atomic E-state index is -0.238. The number of nitrogens with one attached hydrogen (secondary N) is 1. The predicted molar refractivity (Wildman–Crippen MR) is 126 cm³/mol. The minimum absolute atomic E-state index is 0.0689. The molecule has 31 heavy (non-hydrogen) atoms. The van der Waals surface area contributed by atoms with Gasteiger partial charge in [0.1, 0.15) is 0 Å². The van der Waals surface area contributed by atoms with E-state index in [0.717, 1.165) is 11.4 Å². The van der Waals surface area contributed by atoms with Gasteiger partial charge in [-0.25, -0.2) is 4.98 Å². The molecule has 3 rings (SSSR count). The first-order valence-corrected chi connectivity index (χ1v) is 11.4. The average Bonchev–Trinajstić information content (AvgIpc) is 3.15. The van der Waals surface area contributed by atoms with E-state index in [0.29, 0.717) is 33.1 Å². The van der Waals surface area contributed by atoms with E-state index in [1.54, 1.807) is 6.92 Å². The summed E-state index contributed by atoms with van der Waals surface area (Å²) in [5, 5.41) is 12.9. The molecule has 0 unspecified atom stereocenters. The van der Waals surface area contributed by atoms with Gasteiger partial charge in [-0.15, -0.1) is 10.2 Å². The first-order chi connectivity index (χ1) is 14.8. The number of halogens is 2. The van der Waals surface area contributed by atoms with Gasteiger partial charge in [-0.05, 0) is 39.1 Å². The van der Waals surface area contributed by atoms with Gasteiger partial charge in [-0.1, -0.05) is 65.3 Å². The predicted octanol–water partition coefficient (Wildman–Crippen LogP) is 4.69. The van der Waals surface area contributed by atoms with Crippen molar-refractivity contribution < 1.29 is 4.79 Å². The van der Waals surface area contributed by atoms with Gasteiger partial charge in [0, 0.05) is 6.20 Å². The summed E-state index contributed by atoms with van der Waals surface area (Å²) < 4.78 is 2.05. The summed E-state index contributed by atoms with van der Waals surface area (Å²) >= 11 is 13.6. The van der Waals surface area contributed by atoms with Crippen molar-refractivity contribution in [3.05, 3.63) is 63.5 Å². The van der Waals surface area contributed by atoms with E-state index in [1.807, 2.05) is 32.3 Å². The summed E-state index contributed by atoms with van der Waals surface area (Å²) in [6, 6.07) is 10.2. The number of aromatic nitrogens is 4. The lowest BCUT2D eigenvalue weighted by atomic mass is 10.2. The van der Waals surface area contributed by atoms with Gasteiger partial charge >= 0.3 is 0 Å². The van der Waals surface area contributed by atoms with Crippen LogP contribution in [0.5, 0.6) is 0 Å². The minimum Gasteiger partial charge on any atom is -0.309 e. The molecule has 0 saturated heterocycles. The van der Waals surface area contributed by atoms with Crippen molar-refractivity contribution in [3.8, 4) is 0 Å². The highest BCUT2D eigenvalue weighted by Gasteiger charge is 2.21. The number of thioether (sulfide) groups is 1. The molecular formula is C21H24Cl2N6OS. The molecule has 164 valence electrons. The first-order valence-electron chi connectivity index (χ1n) is 9.64. The fourth-order valence-electron chi connectivity index (χ4n) is 2.80. The number of rotatable bonds is 8. The van der Waals surface area contributed by atoms with E-state index in [2.05, 4.69) is 49.0 Å². The van der Waals surface area contributed by atoms with Crippen LogP contribution in [0.3, 0.4) is 0 Å². The maximum absolute atomic E-state index is 12.5. The highest BCUT2D eigenvalue weighted by atomic mass is 35.5. The molecule has 1 atom stereocenters. The van der Waals surface area contributed by atoms with Crippen molar-refractivity contribution in [1.29, 1.82) is 0 Å². The summed E-state index contributed by atoms with van der Waals surface area (Å²) in [4.78, 5) is 18.7. The SMILES string of the molecule is Cc1c(Cl)cnc(NC(=O)CSc2nnc([C@H](C)N(C)C)n2Cc2ccccc2)c1Cl. The first kappa shape index (κ1) is 23.5. The molecule has 3 aromatic rings. The van der Waals surface area contributed by atoms with Gasteiger partial charge in [0.05, 0.1) is 28.4 Å². The smallest absolute Gasteiger partial charge is 0.236 e. The third-order valence-corrected chi connectivity index (χ3v) is 6.68. The Kier molecular flexibility index (Phi) is 7.94. The van der Waals surface area contributed by atoms with Gasteiger partial charge in [-0.3, -0.25) is 9.69 Å². The molecule has 1 amide bonds. The zero-order valence-corrected chi connectivity index (χ0v) is 20.1. The summed E-state index contributed by atoms with van der Waals surface area (Å²) in [7, 11) is 3.99. The van der Waals surface area contributed by atoms with Gasteiger partial charge in [0.25, 0.3) is 0 Å². The molecule has 0 spiro atoms. The Morgan fingerprint density at radius 2 is 1.94 bits per heavy atom. The number of amides is 1. The van der Waals surface area contributed by atoms with Gasteiger partial charge in [-0.2, -0.15) is 0 Å². The summed E-state index contributed by atoms with van der Waals surface area (Å²) in [6.45, 7) is 4.47. The van der Waals surface area contributed by atoms with E-state index >= 15 is 0 Å². The highest BCUT2D eigenvalue weighted by Crippen LogP contribution is 2.29. The summed E-state index contributed by atoms with van der Waals surface area (Å²) in [5.41, 5.74) is 1.81. The van der Waals surface area contributed by atoms with E-state index in [4.69, 9.17) is 23.2 Å². The zero-order chi connectivity index (χ0) is 22.5. The monoisotopic (exact) mass is 478 g/mol. The van der Waals surface area contributed by atoms with Crippen LogP contribution in [0, 0.1) is 6.92 Å². The van der Waals surface area contributed by atoms with Crippen LogP contribution >= 0.6 is 35.0 Å². The second-order valence-electron chi connectivity index (χ2n) is 7.28. The average molecular weight is 479 g/mol. The fraction of sp³-hybridized carbons (Fsp3) is 0.333. The highest BCUT2D eigenvalue weighted by molar-refractivity contribution is 7.99. The van der Waals surface area contributed by atoms with Crippen LogP contribution in [-0.2, 0) is 11.3 Å². The molecule has 1 aromatic carbocycles. The van der Waals surface area contributed by atoms with Gasteiger partial charge < -0.3 is 9.88 Å². The Hall–Kier alpha value is -2.13. The van der Waals surface area contributed by atoms with E-state index in [9.17, 15) is 4.79 Å². The van der Waals surface area contributed by atoms with E-state index < -0.39 is 0 Å².